The molecular formula is C9H10N2O4. The minimum Gasteiger partial charge on any atom is -0.479 e. The van der Waals surface area contributed by atoms with Crippen LogP contribution in [-0.4, -0.2) is 23.6 Å². The Morgan fingerprint density at radius 2 is 1.93 bits per heavy atom. The molecule has 0 saturated carbocycles. The SMILES string of the molecule is Nc1ccc(C(=O)NOCC(=O)O)cc1. The molecule has 0 heterocycles. The number of carboxylic acid groups (broad SMARTS) is 1. The number of rotatable bonds is 4. The average Bonchev–Trinajstić information content (AvgIpc) is 2.18. The van der Waals surface area contributed by atoms with Gasteiger partial charge in [-0.05, 0) is 24.3 Å². The summed E-state index contributed by atoms with van der Waals surface area (Å²) in [6.45, 7) is -0.583. The number of carbonyl (C=O) groups excluding carboxylic acids is 1. The molecule has 0 aliphatic carbocycles. The van der Waals surface area contributed by atoms with E-state index in [9.17, 15) is 9.59 Å². The standard InChI is InChI=1S/C9H10N2O4/c10-7-3-1-6(2-4-7)9(14)11-15-5-8(12)13/h1-4H,5,10H2,(H,11,14)(H,12,13). The maximum Gasteiger partial charge on any atom is 0.332 e. The van der Waals surface area contributed by atoms with Gasteiger partial charge in [-0.25, -0.2) is 10.3 Å². The van der Waals surface area contributed by atoms with Crippen molar-refractivity contribution in [2.45, 2.75) is 0 Å². The van der Waals surface area contributed by atoms with E-state index in [1.807, 2.05) is 5.48 Å². The van der Waals surface area contributed by atoms with Crippen LogP contribution in [0.1, 0.15) is 10.4 Å². The molecule has 0 radical (unpaired) electrons. The normalized spacial score (nSPS) is 9.60. The second-order valence-corrected chi connectivity index (χ2v) is 2.74. The number of hydroxylamine groups is 1. The Hall–Kier alpha value is -2.08. The van der Waals surface area contributed by atoms with E-state index in [4.69, 9.17) is 10.8 Å². The fourth-order valence-corrected chi connectivity index (χ4v) is 0.857. The predicted molar refractivity (Wildman–Crippen MR) is 51.9 cm³/mol. The fraction of sp³-hybridized carbons (Fsp3) is 0.111. The molecule has 0 atom stereocenters. The van der Waals surface area contributed by atoms with Gasteiger partial charge in [0.1, 0.15) is 0 Å². The van der Waals surface area contributed by atoms with Crippen molar-refractivity contribution in [1.29, 1.82) is 0 Å². The first kappa shape index (κ1) is 11.0. The van der Waals surface area contributed by atoms with Gasteiger partial charge in [0.05, 0.1) is 0 Å². The maximum absolute atomic E-state index is 11.3. The Morgan fingerprint density at radius 1 is 1.33 bits per heavy atom. The summed E-state index contributed by atoms with van der Waals surface area (Å²) in [5.41, 5.74) is 8.30. The predicted octanol–water partition coefficient (Wildman–Crippen LogP) is 0.0148. The molecule has 1 amide bonds. The smallest absolute Gasteiger partial charge is 0.332 e. The van der Waals surface area contributed by atoms with Gasteiger partial charge in [-0.1, -0.05) is 0 Å². The number of aliphatic carboxylic acids is 1. The van der Waals surface area contributed by atoms with Gasteiger partial charge >= 0.3 is 5.97 Å². The number of carbonyl (C=O) groups is 2. The van der Waals surface area contributed by atoms with Crippen LogP contribution < -0.4 is 11.2 Å². The van der Waals surface area contributed by atoms with E-state index in [0.29, 0.717) is 11.3 Å². The molecule has 0 aromatic heterocycles. The summed E-state index contributed by atoms with van der Waals surface area (Å²) in [4.78, 5) is 25.7. The summed E-state index contributed by atoms with van der Waals surface area (Å²) < 4.78 is 0. The molecule has 6 nitrogen and oxygen atoms in total. The van der Waals surface area contributed by atoms with E-state index in [1.54, 1.807) is 12.1 Å². The third-order valence-electron chi connectivity index (χ3n) is 1.53. The summed E-state index contributed by atoms with van der Waals surface area (Å²) >= 11 is 0. The lowest BCUT2D eigenvalue weighted by Crippen LogP contribution is -2.26. The minimum atomic E-state index is -1.16. The zero-order valence-corrected chi connectivity index (χ0v) is 7.77. The quantitative estimate of drug-likeness (QED) is 0.480. The van der Waals surface area contributed by atoms with E-state index in [1.165, 1.54) is 12.1 Å². The van der Waals surface area contributed by atoms with Crippen LogP contribution in [0.4, 0.5) is 5.69 Å². The molecule has 0 aliphatic heterocycles. The Balaban J connectivity index is 2.47. The first-order valence-corrected chi connectivity index (χ1v) is 4.09. The van der Waals surface area contributed by atoms with Crippen LogP contribution in [0.3, 0.4) is 0 Å². The van der Waals surface area contributed by atoms with Crippen LogP contribution in [0.25, 0.3) is 0 Å². The van der Waals surface area contributed by atoms with Crippen molar-refractivity contribution in [2.24, 2.45) is 0 Å². The third-order valence-corrected chi connectivity index (χ3v) is 1.53. The number of nitrogens with one attached hydrogen (secondary N) is 1. The second-order valence-electron chi connectivity index (χ2n) is 2.74. The molecule has 0 bridgehead atoms. The van der Waals surface area contributed by atoms with Gasteiger partial charge in [0, 0.05) is 11.3 Å². The lowest BCUT2D eigenvalue weighted by molar-refractivity contribution is -0.144. The van der Waals surface area contributed by atoms with Gasteiger partial charge < -0.3 is 10.8 Å². The van der Waals surface area contributed by atoms with Gasteiger partial charge in [0.15, 0.2) is 6.61 Å². The molecule has 0 fully saturated rings. The van der Waals surface area contributed by atoms with E-state index < -0.39 is 18.5 Å². The second kappa shape index (κ2) is 4.97. The van der Waals surface area contributed by atoms with Crippen LogP contribution in [0.5, 0.6) is 0 Å². The summed E-state index contributed by atoms with van der Waals surface area (Å²) in [7, 11) is 0. The van der Waals surface area contributed by atoms with E-state index in [-0.39, 0.29) is 0 Å². The lowest BCUT2D eigenvalue weighted by Gasteiger charge is -2.03. The summed E-state index contributed by atoms with van der Waals surface area (Å²) in [6, 6.07) is 6.14. The first-order chi connectivity index (χ1) is 7.09. The van der Waals surface area contributed by atoms with Crippen LogP contribution in [0.2, 0.25) is 0 Å². The molecule has 0 spiro atoms. The molecule has 1 aromatic carbocycles. The topological polar surface area (TPSA) is 102 Å². The molecule has 0 saturated heterocycles. The van der Waals surface area contributed by atoms with Crippen LogP contribution in [-0.2, 0) is 9.63 Å². The highest BCUT2D eigenvalue weighted by Gasteiger charge is 2.05. The molecular weight excluding hydrogens is 200 g/mol. The highest BCUT2D eigenvalue weighted by atomic mass is 16.7. The zero-order valence-electron chi connectivity index (χ0n) is 7.77. The minimum absolute atomic E-state index is 0.342. The Bertz CT molecular complexity index is 361. The number of hydrogen-bond acceptors (Lipinski definition) is 4. The first-order valence-electron chi connectivity index (χ1n) is 4.09. The number of amides is 1. The van der Waals surface area contributed by atoms with E-state index in [0.717, 1.165) is 0 Å². The monoisotopic (exact) mass is 210 g/mol. The molecule has 6 heteroatoms. The highest BCUT2D eigenvalue weighted by Crippen LogP contribution is 2.04. The number of carboxylic acids is 1. The fourth-order valence-electron chi connectivity index (χ4n) is 0.857. The summed E-state index contributed by atoms with van der Waals surface area (Å²) in [6.07, 6.45) is 0. The van der Waals surface area contributed by atoms with Crippen LogP contribution in [0.15, 0.2) is 24.3 Å². The Morgan fingerprint density at radius 3 is 2.47 bits per heavy atom. The molecule has 0 unspecified atom stereocenters. The summed E-state index contributed by atoms with van der Waals surface area (Å²) in [5, 5.41) is 8.24. The van der Waals surface area contributed by atoms with Gasteiger partial charge in [-0.3, -0.25) is 9.63 Å². The van der Waals surface area contributed by atoms with Gasteiger partial charge in [0.2, 0.25) is 0 Å². The number of nitrogens with two attached hydrogens (primary N) is 1. The Labute approximate surface area is 85.6 Å². The average molecular weight is 210 g/mol. The molecule has 15 heavy (non-hydrogen) atoms. The molecule has 80 valence electrons. The van der Waals surface area contributed by atoms with Crippen molar-refractivity contribution >= 4 is 17.6 Å². The van der Waals surface area contributed by atoms with Gasteiger partial charge in [-0.2, -0.15) is 0 Å². The number of anilines is 1. The van der Waals surface area contributed by atoms with Crippen molar-refractivity contribution in [3.05, 3.63) is 29.8 Å². The van der Waals surface area contributed by atoms with E-state index in [2.05, 4.69) is 4.84 Å². The van der Waals surface area contributed by atoms with E-state index >= 15 is 0 Å². The van der Waals surface area contributed by atoms with Gasteiger partial charge in [0.25, 0.3) is 5.91 Å². The van der Waals surface area contributed by atoms with Crippen molar-refractivity contribution < 1.29 is 19.5 Å². The highest BCUT2D eigenvalue weighted by molar-refractivity contribution is 5.93. The molecule has 0 aliphatic rings. The van der Waals surface area contributed by atoms with Crippen molar-refractivity contribution in [3.63, 3.8) is 0 Å². The maximum atomic E-state index is 11.3. The Kier molecular flexibility index (Phi) is 3.64. The number of benzene rings is 1. The summed E-state index contributed by atoms with van der Waals surface area (Å²) in [5.74, 6) is -1.68. The lowest BCUT2D eigenvalue weighted by atomic mass is 10.2. The van der Waals surface area contributed by atoms with Crippen molar-refractivity contribution in [2.75, 3.05) is 12.3 Å². The van der Waals surface area contributed by atoms with Crippen molar-refractivity contribution in [3.8, 4) is 0 Å². The van der Waals surface area contributed by atoms with Gasteiger partial charge in [-0.15, -0.1) is 0 Å². The number of nitrogen functional groups attached to an aromatic ring is 1. The molecule has 1 aromatic rings. The van der Waals surface area contributed by atoms with Crippen LogP contribution in [0, 0.1) is 0 Å². The third kappa shape index (κ3) is 3.65. The van der Waals surface area contributed by atoms with Crippen molar-refractivity contribution in [1.82, 2.24) is 5.48 Å². The van der Waals surface area contributed by atoms with Crippen LogP contribution >= 0.6 is 0 Å². The molecule has 4 N–H and O–H groups in total. The molecule has 1 rings (SSSR count). The zero-order chi connectivity index (χ0) is 11.3. The number of hydrogen-bond donors (Lipinski definition) is 3. The largest absolute Gasteiger partial charge is 0.479 e.